The third-order valence-corrected chi connectivity index (χ3v) is 3.95. The summed E-state index contributed by atoms with van der Waals surface area (Å²) in [4.78, 5) is 7.60. The number of fused-ring (bicyclic) bond motifs is 2. The van der Waals surface area contributed by atoms with Crippen molar-refractivity contribution in [1.82, 2.24) is 9.97 Å². The second kappa shape index (κ2) is 4.50. The van der Waals surface area contributed by atoms with Gasteiger partial charge in [0.05, 0.1) is 16.8 Å². The van der Waals surface area contributed by atoms with Gasteiger partial charge in [-0.05, 0) is 30.3 Å². The molecular formula is C17H11ClN2O. The van der Waals surface area contributed by atoms with Crippen LogP contribution in [0, 0.1) is 0 Å². The molecule has 0 aliphatic carbocycles. The van der Waals surface area contributed by atoms with Gasteiger partial charge in [0.25, 0.3) is 0 Å². The monoisotopic (exact) mass is 294 g/mol. The van der Waals surface area contributed by atoms with Crippen molar-refractivity contribution < 1.29 is 5.11 Å². The maximum absolute atomic E-state index is 10.2. The molecule has 0 fully saturated rings. The van der Waals surface area contributed by atoms with E-state index in [1.54, 1.807) is 0 Å². The Balaban J connectivity index is 2.02. The van der Waals surface area contributed by atoms with Gasteiger partial charge in [-0.1, -0.05) is 35.9 Å². The second-order valence-electron chi connectivity index (χ2n) is 4.90. The van der Waals surface area contributed by atoms with Gasteiger partial charge in [0.2, 0.25) is 0 Å². The highest BCUT2D eigenvalue weighted by atomic mass is 35.5. The largest absolute Gasteiger partial charge is 0.494 e. The van der Waals surface area contributed by atoms with Crippen LogP contribution in [0.1, 0.15) is 0 Å². The number of benzene rings is 2. The van der Waals surface area contributed by atoms with Crippen LogP contribution in [0.15, 0.2) is 54.6 Å². The maximum atomic E-state index is 10.2. The van der Waals surface area contributed by atoms with E-state index in [-0.39, 0.29) is 5.88 Å². The van der Waals surface area contributed by atoms with Gasteiger partial charge in [-0.25, -0.2) is 4.98 Å². The standard InChI is InChI=1S/C17H11ClN2O/c18-12-5-3-7-13-10(12)8-9-15(19-13)16-11-4-1-2-6-14(11)20-17(16)21/h1-9,20-21H. The summed E-state index contributed by atoms with van der Waals surface area (Å²) in [5.41, 5.74) is 3.13. The number of H-pyrrole nitrogens is 1. The van der Waals surface area contributed by atoms with E-state index in [0.29, 0.717) is 10.6 Å². The Hall–Kier alpha value is -2.52. The molecule has 0 saturated carbocycles. The van der Waals surface area contributed by atoms with Crippen molar-refractivity contribution in [3.05, 3.63) is 59.6 Å². The number of rotatable bonds is 1. The summed E-state index contributed by atoms with van der Waals surface area (Å²) in [5.74, 6) is 0.130. The summed E-state index contributed by atoms with van der Waals surface area (Å²) in [7, 11) is 0. The maximum Gasteiger partial charge on any atom is 0.199 e. The molecule has 4 heteroatoms. The van der Waals surface area contributed by atoms with E-state index in [4.69, 9.17) is 11.6 Å². The van der Waals surface area contributed by atoms with Crippen molar-refractivity contribution >= 4 is 33.4 Å². The molecule has 102 valence electrons. The normalized spacial score (nSPS) is 11.3. The minimum atomic E-state index is 0.130. The fourth-order valence-electron chi connectivity index (χ4n) is 2.64. The van der Waals surface area contributed by atoms with Crippen molar-refractivity contribution in [3.8, 4) is 17.1 Å². The lowest BCUT2D eigenvalue weighted by Gasteiger charge is -2.04. The fraction of sp³-hybridized carbons (Fsp3) is 0. The van der Waals surface area contributed by atoms with Crippen molar-refractivity contribution in [3.63, 3.8) is 0 Å². The summed E-state index contributed by atoms with van der Waals surface area (Å²) in [6, 6.07) is 17.2. The zero-order valence-corrected chi connectivity index (χ0v) is 11.7. The molecule has 2 N–H and O–H groups in total. The predicted molar refractivity (Wildman–Crippen MR) is 85.7 cm³/mol. The molecular weight excluding hydrogens is 284 g/mol. The van der Waals surface area contributed by atoms with Crippen LogP contribution >= 0.6 is 11.6 Å². The number of nitrogens with zero attached hydrogens (tertiary/aromatic N) is 1. The van der Waals surface area contributed by atoms with Crippen LogP contribution in [0.5, 0.6) is 5.88 Å². The molecule has 0 bridgehead atoms. The zero-order chi connectivity index (χ0) is 14.4. The average molecular weight is 295 g/mol. The van der Waals surface area contributed by atoms with Crippen LogP contribution in [0.4, 0.5) is 0 Å². The Morgan fingerprint density at radius 1 is 0.905 bits per heavy atom. The van der Waals surface area contributed by atoms with E-state index in [2.05, 4.69) is 9.97 Å². The fourth-order valence-corrected chi connectivity index (χ4v) is 2.88. The first-order valence-corrected chi connectivity index (χ1v) is 6.97. The van der Waals surface area contributed by atoms with Crippen LogP contribution in [0.3, 0.4) is 0 Å². The Labute approximate surface area is 125 Å². The summed E-state index contributed by atoms with van der Waals surface area (Å²) in [6.07, 6.45) is 0. The van der Waals surface area contributed by atoms with Crippen molar-refractivity contribution in [1.29, 1.82) is 0 Å². The van der Waals surface area contributed by atoms with Gasteiger partial charge < -0.3 is 10.1 Å². The Morgan fingerprint density at radius 2 is 1.76 bits per heavy atom. The van der Waals surface area contributed by atoms with Crippen molar-refractivity contribution in [2.75, 3.05) is 0 Å². The molecule has 3 nitrogen and oxygen atoms in total. The molecule has 2 aromatic heterocycles. The average Bonchev–Trinajstić information content (AvgIpc) is 2.83. The molecule has 0 atom stereocenters. The van der Waals surface area contributed by atoms with Crippen LogP contribution in [-0.2, 0) is 0 Å². The highest BCUT2D eigenvalue weighted by Crippen LogP contribution is 2.36. The number of aromatic nitrogens is 2. The van der Waals surface area contributed by atoms with Crippen LogP contribution in [0.25, 0.3) is 33.1 Å². The topological polar surface area (TPSA) is 48.9 Å². The lowest BCUT2D eigenvalue weighted by Crippen LogP contribution is -1.85. The van der Waals surface area contributed by atoms with Gasteiger partial charge in [-0.15, -0.1) is 0 Å². The number of aromatic amines is 1. The number of nitrogens with one attached hydrogen (secondary N) is 1. The van der Waals surface area contributed by atoms with E-state index in [9.17, 15) is 5.11 Å². The zero-order valence-electron chi connectivity index (χ0n) is 11.0. The molecule has 4 aromatic rings. The Bertz CT molecular complexity index is 975. The van der Waals surface area contributed by atoms with E-state index >= 15 is 0 Å². The summed E-state index contributed by atoms with van der Waals surface area (Å²) < 4.78 is 0. The van der Waals surface area contributed by atoms with Crippen LogP contribution in [0.2, 0.25) is 5.02 Å². The molecule has 0 amide bonds. The number of aromatic hydroxyl groups is 1. The number of hydrogen-bond acceptors (Lipinski definition) is 2. The van der Waals surface area contributed by atoms with Gasteiger partial charge in [0, 0.05) is 21.3 Å². The summed E-state index contributed by atoms with van der Waals surface area (Å²) >= 11 is 6.17. The first-order chi connectivity index (χ1) is 10.2. The predicted octanol–water partition coefficient (Wildman–Crippen LogP) is 4.74. The van der Waals surface area contributed by atoms with Gasteiger partial charge in [0.15, 0.2) is 5.88 Å². The van der Waals surface area contributed by atoms with Crippen molar-refractivity contribution in [2.45, 2.75) is 0 Å². The highest BCUT2D eigenvalue weighted by molar-refractivity contribution is 6.35. The van der Waals surface area contributed by atoms with Gasteiger partial charge in [0.1, 0.15) is 0 Å². The van der Waals surface area contributed by atoms with Gasteiger partial charge in [-0.3, -0.25) is 0 Å². The van der Waals surface area contributed by atoms with E-state index < -0.39 is 0 Å². The molecule has 0 radical (unpaired) electrons. The van der Waals surface area contributed by atoms with Crippen LogP contribution < -0.4 is 0 Å². The van der Waals surface area contributed by atoms with E-state index in [0.717, 1.165) is 27.5 Å². The first-order valence-electron chi connectivity index (χ1n) is 6.59. The number of pyridine rings is 1. The first kappa shape index (κ1) is 12.2. The molecule has 0 aliphatic heterocycles. The smallest absolute Gasteiger partial charge is 0.199 e. The molecule has 0 unspecified atom stereocenters. The van der Waals surface area contributed by atoms with Gasteiger partial charge >= 0.3 is 0 Å². The van der Waals surface area contributed by atoms with E-state index in [1.807, 2.05) is 54.6 Å². The Kier molecular flexibility index (Phi) is 2.62. The molecule has 0 aliphatic rings. The summed E-state index contributed by atoms with van der Waals surface area (Å²) in [6.45, 7) is 0. The van der Waals surface area contributed by atoms with E-state index in [1.165, 1.54) is 0 Å². The summed E-state index contributed by atoms with van der Waals surface area (Å²) in [5, 5.41) is 12.7. The lowest BCUT2D eigenvalue weighted by atomic mass is 10.1. The minimum Gasteiger partial charge on any atom is -0.494 e. The molecule has 0 spiro atoms. The Morgan fingerprint density at radius 3 is 2.67 bits per heavy atom. The third kappa shape index (κ3) is 1.86. The number of para-hydroxylation sites is 1. The lowest BCUT2D eigenvalue weighted by molar-refractivity contribution is 0.460. The highest BCUT2D eigenvalue weighted by Gasteiger charge is 2.14. The molecule has 2 aromatic carbocycles. The number of halogens is 1. The second-order valence-corrected chi connectivity index (χ2v) is 5.30. The minimum absolute atomic E-state index is 0.130. The molecule has 0 saturated heterocycles. The number of hydrogen-bond donors (Lipinski definition) is 2. The van der Waals surface area contributed by atoms with Gasteiger partial charge in [-0.2, -0.15) is 0 Å². The van der Waals surface area contributed by atoms with Crippen molar-refractivity contribution in [2.24, 2.45) is 0 Å². The third-order valence-electron chi connectivity index (χ3n) is 3.62. The molecule has 2 heterocycles. The molecule has 4 rings (SSSR count). The van der Waals surface area contributed by atoms with Crippen LogP contribution in [-0.4, -0.2) is 15.1 Å². The SMILES string of the molecule is Oc1[nH]c2ccccc2c1-c1ccc2c(Cl)cccc2n1. The molecule has 21 heavy (non-hydrogen) atoms. The quantitative estimate of drug-likeness (QED) is 0.532.